The van der Waals surface area contributed by atoms with Gasteiger partial charge in [0.2, 0.25) is 0 Å². The molecular formula is C19H15BrCl2N2O4S. The molecule has 0 radical (unpaired) electrons. The first-order valence-corrected chi connectivity index (χ1v) is 11.0. The third-order valence-corrected chi connectivity index (χ3v) is 7.70. The van der Waals surface area contributed by atoms with E-state index in [9.17, 15) is 9.59 Å². The lowest BCUT2D eigenvalue weighted by molar-refractivity contribution is 0.0595. The summed E-state index contributed by atoms with van der Waals surface area (Å²) < 4.78 is 11.6. The summed E-state index contributed by atoms with van der Waals surface area (Å²) >= 11 is 17.3. The Bertz CT molecular complexity index is 1170. The van der Waals surface area contributed by atoms with Crippen LogP contribution >= 0.6 is 50.5 Å². The average molecular weight is 518 g/mol. The zero-order valence-electron chi connectivity index (χ0n) is 15.2. The van der Waals surface area contributed by atoms with Gasteiger partial charge < -0.3 is 19.4 Å². The summed E-state index contributed by atoms with van der Waals surface area (Å²) in [5.41, 5.74) is 0.894. The lowest BCUT2D eigenvalue weighted by Crippen LogP contribution is -2.35. The van der Waals surface area contributed by atoms with E-state index >= 15 is 0 Å². The smallest absolute Gasteiger partial charge is 0.355 e. The zero-order valence-corrected chi connectivity index (χ0v) is 19.1. The van der Waals surface area contributed by atoms with Gasteiger partial charge in [-0.2, -0.15) is 0 Å². The predicted molar refractivity (Wildman–Crippen MR) is 120 cm³/mol. The standard InChI is InChI=1S/C19H15BrCl2N2O4S/c1-27-19(26)15-12(9-2-3-10(21)11(22)8-9)13-14(20)18(24-4-6-28-7-5-24)29-16(13)17(25)23-15/h2-3,8H,4-7H2,1H3,(H,23,25). The molecule has 4 rings (SSSR count). The van der Waals surface area contributed by atoms with Crippen molar-refractivity contribution in [3.8, 4) is 11.1 Å². The van der Waals surface area contributed by atoms with Crippen molar-refractivity contribution in [3.05, 3.63) is 48.8 Å². The van der Waals surface area contributed by atoms with Crippen LogP contribution in [0.25, 0.3) is 21.2 Å². The van der Waals surface area contributed by atoms with Crippen molar-refractivity contribution in [1.82, 2.24) is 4.98 Å². The normalized spacial score (nSPS) is 14.4. The van der Waals surface area contributed by atoms with Gasteiger partial charge in [-0.25, -0.2) is 4.79 Å². The number of ether oxygens (including phenoxy) is 2. The van der Waals surface area contributed by atoms with Gasteiger partial charge in [-0.3, -0.25) is 4.79 Å². The highest BCUT2D eigenvalue weighted by Gasteiger charge is 2.27. The van der Waals surface area contributed by atoms with E-state index in [4.69, 9.17) is 32.7 Å². The molecule has 1 N–H and O–H groups in total. The zero-order chi connectivity index (χ0) is 20.7. The Morgan fingerprint density at radius 1 is 1.28 bits per heavy atom. The second-order valence-corrected chi connectivity index (χ2v) is 8.96. The van der Waals surface area contributed by atoms with Crippen LogP contribution in [0.4, 0.5) is 5.00 Å². The number of aromatic nitrogens is 1. The van der Waals surface area contributed by atoms with E-state index in [0.29, 0.717) is 44.5 Å². The summed E-state index contributed by atoms with van der Waals surface area (Å²) in [6.07, 6.45) is 0. The molecule has 1 saturated heterocycles. The number of anilines is 1. The molecule has 6 nitrogen and oxygen atoms in total. The van der Waals surface area contributed by atoms with Gasteiger partial charge in [0.15, 0.2) is 0 Å². The summed E-state index contributed by atoms with van der Waals surface area (Å²) in [4.78, 5) is 30.1. The molecule has 2 aromatic heterocycles. The fourth-order valence-electron chi connectivity index (χ4n) is 3.31. The van der Waals surface area contributed by atoms with Crippen LogP contribution in [-0.2, 0) is 9.47 Å². The van der Waals surface area contributed by atoms with Crippen LogP contribution in [0.3, 0.4) is 0 Å². The molecule has 0 atom stereocenters. The maximum Gasteiger partial charge on any atom is 0.355 e. The minimum Gasteiger partial charge on any atom is -0.464 e. The van der Waals surface area contributed by atoms with Gasteiger partial charge in [0.1, 0.15) is 15.4 Å². The molecular weight excluding hydrogens is 503 g/mol. The molecule has 3 heterocycles. The number of nitrogens with zero attached hydrogens (tertiary/aromatic N) is 1. The Morgan fingerprint density at radius 3 is 2.66 bits per heavy atom. The van der Waals surface area contributed by atoms with Crippen molar-refractivity contribution >= 4 is 71.5 Å². The monoisotopic (exact) mass is 516 g/mol. The number of benzene rings is 1. The van der Waals surface area contributed by atoms with E-state index < -0.39 is 5.97 Å². The number of hydrogen-bond acceptors (Lipinski definition) is 6. The molecule has 29 heavy (non-hydrogen) atoms. The van der Waals surface area contributed by atoms with Crippen LogP contribution in [0, 0.1) is 0 Å². The highest BCUT2D eigenvalue weighted by molar-refractivity contribution is 9.10. The SMILES string of the molecule is COC(=O)c1[nH]c(=O)c2sc(N3CCOCC3)c(Br)c2c1-c1ccc(Cl)c(Cl)c1. The van der Waals surface area contributed by atoms with Gasteiger partial charge >= 0.3 is 5.97 Å². The van der Waals surface area contributed by atoms with Crippen LogP contribution in [-0.4, -0.2) is 44.4 Å². The second-order valence-electron chi connectivity index (χ2n) is 6.35. The molecule has 1 aliphatic heterocycles. The number of halogens is 3. The Morgan fingerprint density at radius 2 is 2.00 bits per heavy atom. The number of aromatic amines is 1. The van der Waals surface area contributed by atoms with Crippen molar-refractivity contribution < 1.29 is 14.3 Å². The summed E-state index contributed by atoms with van der Waals surface area (Å²) in [5.74, 6) is -0.643. The Hall–Kier alpha value is -1.58. The first kappa shape index (κ1) is 20.7. The molecule has 0 saturated carbocycles. The van der Waals surface area contributed by atoms with Gasteiger partial charge in [0.05, 0.1) is 34.8 Å². The van der Waals surface area contributed by atoms with Gasteiger partial charge in [-0.15, -0.1) is 11.3 Å². The van der Waals surface area contributed by atoms with Gasteiger partial charge in [-0.1, -0.05) is 29.3 Å². The molecule has 3 aromatic rings. The summed E-state index contributed by atoms with van der Waals surface area (Å²) in [5, 5.41) is 2.30. The van der Waals surface area contributed by atoms with Crippen molar-refractivity contribution in [2.24, 2.45) is 0 Å². The summed E-state index contributed by atoms with van der Waals surface area (Å²) in [6.45, 7) is 2.67. The number of fused-ring (bicyclic) bond motifs is 1. The number of carbonyl (C=O) groups excluding carboxylic acids is 1. The van der Waals surface area contributed by atoms with Crippen molar-refractivity contribution in [2.45, 2.75) is 0 Å². The number of rotatable bonds is 3. The Labute approximate surface area is 188 Å². The van der Waals surface area contributed by atoms with Crippen molar-refractivity contribution in [3.63, 3.8) is 0 Å². The number of thiophene rings is 1. The average Bonchev–Trinajstić information content (AvgIpc) is 3.08. The molecule has 0 amide bonds. The quantitative estimate of drug-likeness (QED) is 0.498. The van der Waals surface area contributed by atoms with Crippen molar-refractivity contribution in [1.29, 1.82) is 0 Å². The first-order valence-electron chi connectivity index (χ1n) is 8.67. The Kier molecular flexibility index (Phi) is 5.90. The predicted octanol–water partition coefficient (Wildman–Crippen LogP) is 4.95. The minimum absolute atomic E-state index is 0.0652. The van der Waals surface area contributed by atoms with Crippen LogP contribution in [0.15, 0.2) is 27.5 Å². The number of carbonyl (C=O) groups is 1. The lowest BCUT2D eigenvalue weighted by Gasteiger charge is -2.27. The molecule has 1 aromatic carbocycles. The van der Waals surface area contributed by atoms with E-state index in [1.54, 1.807) is 18.2 Å². The molecule has 152 valence electrons. The van der Waals surface area contributed by atoms with Crippen LogP contribution < -0.4 is 10.5 Å². The topological polar surface area (TPSA) is 71.6 Å². The molecule has 0 unspecified atom stereocenters. The van der Waals surface area contributed by atoms with Crippen LogP contribution in [0.5, 0.6) is 0 Å². The molecule has 0 aliphatic carbocycles. The van der Waals surface area contributed by atoms with Crippen molar-refractivity contribution in [2.75, 3.05) is 38.3 Å². The van der Waals surface area contributed by atoms with Gasteiger partial charge in [0.25, 0.3) is 5.56 Å². The molecule has 1 fully saturated rings. The fraction of sp³-hybridized carbons (Fsp3) is 0.263. The van der Waals surface area contributed by atoms with E-state index in [1.165, 1.54) is 18.4 Å². The Balaban J connectivity index is 2.05. The second kappa shape index (κ2) is 8.28. The first-order chi connectivity index (χ1) is 13.9. The third-order valence-electron chi connectivity index (χ3n) is 4.67. The number of H-pyrrole nitrogens is 1. The molecule has 1 aliphatic rings. The van der Waals surface area contributed by atoms with Gasteiger partial charge in [-0.05, 0) is 33.6 Å². The third kappa shape index (κ3) is 3.68. The molecule has 0 bridgehead atoms. The van der Waals surface area contributed by atoms with E-state index in [2.05, 4.69) is 25.8 Å². The molecule has 0 spiro atoms. The highest BCUT2D eigenvalue weighted by atomic mass is 79.9. The maximum absolute atomic E-state index is 12.8. The summed E-state index contributed by atoms with van der Waals surface area (Å²) in [6, 6.07) is 5.08. The lowest BCUT2D eigenvalue weighted by atomic mass is 10.00. The summed E-state index contributed by atoms with van der Waals surface area (Å²) in [7, 11) is 1.27. The van der Waals surface area contributed by atoms with E-state index in [-0.39, 0.29) is 11.3 Å². The number of methoxy groups -OCH3 is 1. The van der Waals surface area contributed by atoms with Crippen LogP contribution in [0.1, 0.15) is 10.5 Å². The molecule has 10 heteroatoms. The number of nitrogens with one attached hydrogen (secondary N) is 1. The maximum atomic E-state index is 12.8. The largest absolute Gasteiger partial charge is 0.464 e. The highest BCUT2D eigenvalue weighted by Crippen LogP contribution is 2.46. The number of hydrogen-bond donors (Lipinski definition) is 1. The number of morpholine rings is 1. The minimum atomic E-state index is -0.643. The fourth-order valence-corrected chi connectivity index (χ4v) is 5.77. The van der Waals surface area contributed by atoms with Crippen LogP contribution in [0.2, 0.25) is 10.0 Å². The van der Waals surface area contributed by atoms with E-state index in [1.807, 2.05) is 0 Å². The number of esters is 1. The van der Waals surface area contributed by atoms with Gasteiger partial charge in [0, 0.05) is 24.0 Å². The number of pyridine rings is 1. The van der Waals surface area contributed by atoms with E-state index in [0.717, 1.165) is 22.6 Å².